The van der Waals surface area contributed by atoms with Crippen LogP contribution in [0, 0.1) is 0 Å². The molecule has 0 aliphatic heterocycles. The van der Waals surface area contributed by atoms with E-state index in [0.29, 0.717) is 17.9 Å². The Kier molecular flexibility index (Phi) is 5.62. The maximum atomic E-state index is 12.5. The first-order chi connectivity index (χ1) is 12.9. The fourth-order valence-electron chi connectivity index (χ4n) is 2.79. The first-order valence-corrected chi connectivity index (χ1v) is 10.3. The Labute approximate surface area is 159 Å². The minimum Gasteiger partial charge on any atom is -0.351 e. The molecule has 6 nitrogen and oxygen atoms in total. The highest BCUT2D eigenvalue weighted by Crippen LogP contribution is 2.19. The molecule has 3 aromatic rings. The van der Waals surface area contributed by atoms with Gasteiger partial charge >= 0.3 is 0 Å². The molecule has 0 spiro atoms. The molecule has 3 rings (SSSR count). The number of unbranched alkanes of at least 4 members (excludes halogenated alkanes) is 1. The van der Waals surface area contributed by atoms with Crippen LogP contribution in [0.4, 0.5) is 5.69 Å². The molecule has 0 saturated heterocycles. The van der Waals surface area contributed by atoms with Gasteiger partial charge in [0.2, 0.25) is 10.0 Å². The fraction of sp³-hybridized carbons (Fsp3) is 0.250. The van der Waals surface area contributed by atoms with Crippen LogP contribution < -0.4 is 5.32 Å². The van der Waals surface area contributed by atoms with Crippen molar-refractivity contribution < 1.29 is 13.2 Å². The van der Waals surface area contributed by atoms with Crippen molar-refractivity contribution in [3.8, 4) is 0 Å². The lowest BCUT2D eigenvalue weighted by Gasteiger charge is -2.17. The van der Waals surface area contributed by atoms with Gasteiger partial charge in [-0.15, -0.1) is 0 Å². The Hall–Kier alpha value is -2.64. The van der Waals surface area contributed by atoms with Crippen LogP contribution in [-0.4, -0.2) is 37.2 Å². The van der Waals surface area contributed by atoms with Crippen molar-refractivity contribution in [3.63, 3.8) is 0 Å². The lowest BCUT2D eigenvalue weighted by Crippen LogP contribution is -2.27. The van der Waals surface area contributed by atoms with Crippen molar-refractivity contribution in [3.05, 3.63) is 60.3 Å². The number of carbonyl (C=O) groups excluding carboxylic acids is 1. The summed E-state index contributed by atoms with van der Waals surface area (Å²) in [5, 5.41) is 3.74. The van der Waals surface area contributed by atoms with Gasteiger partial charge in [0.25, 0.3) is 5.91 Å². The van der Waals surface area contributed by atoms with Gasteiger partial charge in [0.15, 0.2) is 0 Å². The molecule has 1 heterocycles. The Balaban J connectivity index is 1.72. The van der Waals surface area contributed by atoms with Crippen molar-refractivity contribution in [1.29, 1.82) is 0 Å². The Bertz CT molecular complexity index is 1010. The largest absolute Gasteiger partial charge is 0.351 e. The Morgan fingerprint density at radius 1 is 1.11 bits per heavy atom. The molecule has 1 aromatic heterocycles. The number of aromatic amines is 1. The molecule has 0 bridgehead atoms. The SMILES string of the molecule is CCCCN(C)S(=O)(=O)c1ccc(NC(=O)c2cc3ccccc3[nH]2)cc1. The maximum Gasteiger partial charge on any atom is 0.272 e. The summed E-state index contributed by atoms with van der Waals surface area (Å²) in [6.07, 6.45) is 1.74. The fourth-order valence-corrected chi connectivity index (χ4v) is 3.99. The molecule has 0 aliphatic rings. The molecule has 27 heavy (non-hydrogen) atoms. The van der Waals surface area contributed by atoms with E-state index < -0.39 is 10.0 Å². The number of carbonyl (C=O) groups is 1. The number of aromatic nitrogens is 1. The summed E-state index contributed by atoms with van der Waals surface area (Å²) in [5.74, 6) is -0.276. The number of rotatable bonds is 7. The summed E-state index contributed by atoms with van der Waals surface area (Å²) in [5.41, 5.74) is 1.88. The molecule has 7 heteroatoms. The second-order valence-electron chi connectivity index (χ2n) is 6.43. The van der Waals surface area contributed by atoms with Crippen molar-refractivity contribution >= 4 is 32.5 Å². The van der Waals surface area contributed by atoms with Gasteiger partial charge in [-0.1, -0.05) is 31.5 Å². The standard InChI is InChI=1S/C20H23N3O3S/c1-3-4-13-23(2)27(25,26)17-11-9-16(10-12-17)21-20(24)19-14-15-7-5-6-8-18(15)22-19/h5-12,14,22H,3-4,13H2,1-2H3,(H,21,24). The summed E-state index contributed by atoms with van der Waals surface area (Å²) in [6.45, 7) is 2.50. The topological polar surface area (TPSA) is 82.3 Å². The van der Waals surface area contributed by atoms with Crippen LogP contribution in [0.1, 0.15) is 30.3 Å². The van der Waals surface area contributed by atoms with E-state index in [1.165, 1.54) is 16.4 Å². The summed E-state index contributed by atoms with van der Waals surface area (Å²) in [4.78, 5) is 15.7. The lowest BCUT2D eigenvalue weighted by molar-refractivity contribution is 0.102. The molecule has 0 aliphatic carbocycles. The van der Waals surface area contributed by atoms with E-state index in [1.807, 2.05) is 31.2 Å². The Morgan fingerprint density at radius 3 is 2.48 bits per heavy atom. The second-order valence-corrected chi connectivity index (χ2v) is 8.47. The minimum absolute atomic E-state index is 0.213. The molecule has 2 aromatic carbocycles. The summed E-state index contributed by atoms with van der Waals surface area (Å²) in [7, 11) is -1.93. The number of anilines is 1. The molecule has 0 saturated carbocycles. The number of nitrogens with zero attached hydrogens (tertiary/aromatic N) is 1. The highest BCUT2D eigenvalue weighted by atomic mass is 32.2. The number of amides is 1. The first-order valence-electron chi connectivity index (χ1n) is 8.87. The smallest absolute Gasteiger partial charge is 0.272 e. The first kappa shape index (κ1) is 19.1. The van der Waals surface area contributed by atoms with E-state index in [2.05, 4.69) is 10.3 Å². The zero-order valence-electron chi connectivity index (χ0n) is 15.4. The highest BCUT2D eigenvalue weighted by Gasteiger charge is 2.20. The number of fused-ring (bicyclic) bond motifs is 1. The van der Waals surface area contributed by atoms with Gasteiger partial charge in [-0.25, -0.2) is 12.7 Å². The highest BCUT2D eigenvalue weighted by molar-refractivity contribution is 7.89. The number of benzene rings is 2. The minimum atomic E-state index is -3.51. The van der Waals surface area contributed by atoms with E-state index in [9.17, 15) is 13.2 Å². The van der Waals surface area contributed by atoms with E-state index in [4.69, 9.17) is 0 Å². The third-order valence-corrected chi connectivity index (χ3v) is 6.29. The van der Waals surface area contributed by atoms with Gasteiger partial charge in [0, 0.05) is 30.2 Å². The summed E-state index contributed by atoms with van der Waals surface area (Å²) < 4.78 is 26.4. The number of sulfonamides is 1. The molecule has 0 unspecified atom stereocenters. The zero-order chi connectivity index (χ0) is 19.4. The van der Waals surface area contributed by atoms with Crippen molar-refractivity contribution in [2.75, 3.05) is 18.9 Å². The molecular formula is C20H23N3O3S. The van der Waals surface area contributed by atoms with Crippen LogP contribution in [0.15, 0.2) is 59.5 Å². The van der Waals surface area contributed by atoms with Crippen molar-refractivity contribution in [2.45, 2.75) is 24.7 Å². The van der Waals surface area contributed by atoms with E-state index >= 15 is 0 Å². The number of hydrogen-bond acceptors (Lipinski definition) is 3. The molecule has 0 radical (unpaired) electrons. The van der Waals surface area contributed by atoms with Gasteiger partial charge in [0.1, 0.15) is 5.69 Å². The van der Waals surface area contributed by atoms with Gasteiger partial charge in [-0.05, 0) is 42.8 Å². The number of para-hydroxylation sites is 1. The van der Waals surface area contributed by atoms with E-state index in [1.54, 1.807) is 25.2 Å². The van der Waals surface area contributed by atoms with Gasteiger partial charge < -0.3 is 10.3 Å². The average molecular weight is 385 g/mol. The number of H-pyrrole nitrogens is 1. The van der Waals surface area contributed by atoms with E-state index in [-0.39, 0.29) is 10.8 Å². The average Bonchev–Trinajstić information content (AvgIpc) is 3.11. The zero-order valence-corrected chi connectivity index (χ0v) is 16.2. The normalized spacial score (nSPS) is 11.8. The predicted octanol–water partition coefficient (Wildman–Crippen LogP) is 3.84. The molecular weight excluding hydrogens is 362 g/mol. The molecule has 0 atom stereocenters. The molecule has 0 fully saturated rings. The second kappa shape index (κ2) is 7.94. The van der Waals surface area contributed by atoms with Gasteiger partial charge in [-0.2, -0.15) is 0 Å². The van der Waals surface area contributed by atoms with Crippen LogP contribution >= 0.6 is 0 Å². The Morgan fingerprint density at radius 2 is 1.81 bits per heavy atom. The molecule has 142 valence electrons. The predicted molar refractivity (Wildman–Crippen MR) is 107 cm³/mol. The van der Waals surface area contributed by atoms with Crippen LogP contribution in [0.2, 0.25) is 0 Å². The molecule has 1 amide bonds. The van der Waals surface area contributed by atoms with Crippen LogP contribution in [0.25, 0.3) is 10.9 Å². The summed E-state index contributed by atoms with van der Waals surface area (Å²) >= 11 is 0. The third kappa shape index (κ3) is 4.20. The van der Waals surface area contributed by atoms with Crippen molar-refractivity contribution in [1.82, 2.24) is 9.29 Å². The van der Waals surface area contributed by atoms with Crippen LogP contribution in [-0.2, 0) is 10.0 Å². The lowest BCUT2D eigenvalue weighted by atomic mass is 10.2. The molecule has 2 N–H and O–H groups in total. The van der Waals surface area contributed by atoms with Crippen LogP contribution in [0.5, 0.6) is 0 Å². The van der Waals surface area contributed by atoms with Crippen LogP contribution in [0.3, 0.4) is 0 Å². The quantitative estimate of drug-likeness (QED) is 0.648. The third-order valence-electron chi connectivity index (χ3n) is 4.42. The number of nitrogens with one attached hydrogen (secondary N) is 2. The maximum absolute atomic E-state index is 12.5. The monoisotopic (exact) mass is 385 g/mol. The summed E-state index contributed by atoms with van der Waals surface area (Å²) in [6, 6.07) is 15.6. The van der Waals surface area contributed by atoms with Gasteiger partial charge in [-0.3, -0.25) is 4.79 Å². The number of hydrogen-bond donors (Lipinski definition) is 2. The van der Waals surface area contributed by atoms with E-state index in [0.717, 1.165) is 23.7 Å². The van der Waals surface area contributed by atoms with Crippen molar-refractivity contribution in [2.24, 2.45) is 0 Å². The van der Waals surface area contributed by atoms with Gasteiger partial charge in [0.05, 0.1) is 4.90 Å².